The number of hydrogen-bond donors (Lipinski definition) is 1. The summed E-state index contributed by atoms with van der Waals surface area (Å²) in [7, 11) is 0. The summed E-state index contributed by atoms with van der Waals surface area (Å²) in [5, 5.41) is 3.47. The Morgan fingerprint density at radius 3 is 2.80 bits per heavy atom. The van der Waals surface area contributed by atoms with Crippen LogP contribution in [0.3, 0.4) is 0 Å². The summed E-state index contributed by atoms with van der Waals surface area (Å²) >= 11 is 1.47. The highest BCUT2D eigenvalue weighted by molar-refractivity contribution is 7.22. The first-order chi connectivity index (χ1) is 12.2. The molecule has 3 heterocycles. The highest BCUT2D eigenvalue weighted by atomic mass is 32.1. The topological polar surface area (TPSA) is 67.4 Å². The van der Waals surface area contributed by atoms with E-state index < -0.39 is 0 Å². The Morgan fingerprint density at radius 2 is 2.08 bits per heavy atom. The zero-order valence-corrected chi connectivity index (χ0v) is 14.7. The zero-order valence-electron chi connectivity index (χ0n) is 13.9. The van der Waals surface area contributed by atoms with Crippen LogP contribution in [0.1, 0.15) is 15.9 Å². The molecule has 6 nitrogen and oxygen atoms in total. The molecule has 0 saturated carbocycles. The van der Waals surface area contributed by atoms with Crippen molar-refractivity contribution in [2.75, 3.05) is 36.5 Å². The number of thiazole rings is 1. The van der Waals surface area contributed by atoms with Gasteiger partial charge >= 0.3 is 0 Å². The van der Waals surface area contributed by atoms with E-state index in [1.807, 2.05) is 31.2 Å². The van der Waals surface area contributed by atoms with Crippen molar-refractivity contribution in [2.45, 2.75) is 6.92 Å². The lowest BCUT2D eigenvalue weighted by Gasteiger charge is -2.27. The van der Waals surface area contributed by atoms with Crippen molar-refractivity contribution >= 4 is 38.4 Å². The van der Waals surface area contributed by atoms with E-state index in [-0.39, 0.29) is 5.91 Å². The van der Waals surface area contributed by atoms with Gasteiger partial charge in [0, 0.05) is 19.3 Å². The van der Waals surface area contributed by atoms with Gasteiger partial charge in [-0.2, -0.15) is 0 Å². The van der Waals surface area contributed by atoms with Gasteiger partial charge in [0.1, 0.15) is 5.82 Å². The molecule has 7 heteroatoms. The Hall–Kier alpha value is -2.51. The molecule has 3 aromatic rings. The van der Waals surface area contributed by atoms with Crippen molar-refractivity contribution in [3.05, 3.63) is 47.7 Å². The Labute approximate surface area is 149 Å². The minimum atomic E-state index is -0.197. The van der Waals surface area contributed by atoms with Crippen LogP contribution in [0.25, 0.3) is 10.2 Å². The summed E-state index contributed by atoms with van der Waals surface area (Å²) in [5.41, 5.74) is 2.56. The van der Waals surface area contributed by atoms with Crippen LogP contribution in [0.15, 0.2) is 36.5 Å². The number of aromatic nitrogens is 2. The average molecular weight is 354 g/mol. The van der Waals surface area contributed by atoms with E-state index in [4.69, 9.17) is 4.74 Å². The lowest BCUT2D eigenvalue weighted by molar-refractivity contribution is 0.102. The number of hydrogen-bond acceptors (Lipinski definition) is 6. The molecule has 1 amide bonds. The SMILES string of the molecule is Cc1cccc2sc(NC(=O)c3ccc(N4CCOCC4)nc3)nc12. The van der Waals surface area contributed by atoms with Gasteiger partial charge in [-0.3, -0.25) is 10.1 Å². The molecule has 4 rings (SSSR count). The molecule has 25 heavy (non-hydrogen) atoms. The minimum Gasteiger partial charge on any atom is -0.378 e. The molecule has 1 aromatic carbocycles. The maximum atomic E-state index is 12.4. The van der Waals surface area contributed by atoms with Gasteiger partial charge in [0.2, 0.25) is 0 Å². The number of ether oxygens (including phenoxy) is 1. The van der Waals surface area contributed by atoms with E-state index in [2.05, 4.69) is 20.2 Å². The second-order valence-electron chi connectivity index (χ2n) is 5.90. The average Bonchev–Trinajstić information content (AvgIpc) is 3.06. The molecule has 0 unspecified atom stereocenters. The third-order valence-corrected chi connectivity index (χ3v) is 5.12. The fraction of sp³-hybridized carbons (Fsp3) is 0.278. The number of nitrogens with one attached hydrogen (secondary N) is 1. The van der Waals surface area contributed by atoms with Crippen LogP contribution in [-0.4, -0.2) is 42.2 Å². The van der Waals surface area contributed by atoms with Crippen molar-refractivity contribution in [3.63, 3.8) is 0 Å². The Bertz CT molecular complexity index is 901. The van der Waals surface area contributed by atoms with Gasteiger partial charge in [-0.15, -0.1) is 0 Å². The number of carbonyl (C=O) groups excluding carboxylic acids is 1. The first-order valence-electron chi connectivity index (χ1n) is 8.17. The first kappa shape index (κ1) is 16.0. The Morgan fingerprint density at radius 1 is 1.24 bits per heavy atom. The number of benzene rings is 1. The van der Waals surface area contributed by atoms with Crippen molar-refractivity contribution < 1.29 is 9.53 Å². The Balaban J connectivity index is 1.49. The van der Waals surface area contributed by atoms with Gasteiger partial charge in [0.05, 0.1) is 29.0 Å². The van der Waals surface area contributed by atoms with E-state index in [0.29, 0.717) is 23.9 Å². The molecule has 0 aliphatic carbocycles. The van der Waals surface area contributed by atoms with Gasteiger partial charge in [0.25, 0.3) is 5.91 Å². The smallest absolute Gasteiger partial charge is 0.259 e. The van der Waals surface area contributed by atoms with Crippen LogP contribution in [0.4, 0.5) is 10.9 Å². The number of para-hydroxylation sites is 1. The highest BCUT2D eigenvalue weighted by Crippen LogP contribution is 2.28. The molecule has 1 saturated heterocycles. The molecule has 1 fully saturated rings. The van der Waals surface area contributed by atoms with Gasteiger partial charge in [-0.1, -0.05) is 23.5 Å². The number of morpholine rings is 1. The van der Waals surface area contributed by atoms with E-state index in [1.165, 1.54) is 11.3 Å². The number of rotatable bonds is 3. The number of carbonyl (C=O) groups is 1. The van der Waals surface area contributed by atoms with E-state index >= 15 is 0 Å². The summed E-state index contributed by atoms with van der Waals surface area (Å²) in [5.74, 6) is 0.674. The van der Waals surface area contributed by atoms with Gasteiger partial charge < -0.3 is 9.64 Å². The summed E-state index contributed by atoms with van der Waals surface area (Å²) < 4.78 is 6.41. The third-order valence-electron chi connectivity index (χ3n) is 4.19. The second kappa shape index (κ2) is 6.78. The normalized spacial score (nSPS) is 14.7. The molecular weight excluding hydrogens is 336 g/mol. The molecular formula is C18H18N4O2S. The molecule has 1 N–H and O–H groups in total. The summed E-state index contributed by atoms with van der Waals surface area (Å²) in [4.78, 5) is 23.5. The Kier molecular flexibility index (Phi) is 4.33. The molecule has 0 spiro atoms. The number of anilines is 2. The summed E-state index contributed by atoms with van der Waals surface area (Å²) in [6.45, 7) is 5.08. The van der Waals surface area contributed by atoms with E-state index in [9.17, 15) is 4.79 Å². The summed E-state index contributed by atoms with van der Waals surface area (Å²) in [6, 6.07) is 9.69. The predicted molar refractivity (Wildman–Crippen MR) is 99.6 cm³/mol. The fourth-order valence-electron chi connectivity index (χ4n) is 2.81. The molecule has 1 aliphatic heterocycles. The van der Waals surface area contributed by atoms with Gasteiger partial charge in [-0.05, 0) is 30.7 Å². The minimum absolute atomic E-state index is 0.197. The standard InChI is InChI=1S/C18H18N4O2S/c1-12-3-2-4-14-16(12)20-18(25-14)21-17(23)13-5-6-15(19-11-13)22-7-9-24-10-8-22/h2-6,11H,7-10H2,1H3,(H,20,21,23). The zero-order chi connectivity index (χ0) is 17.2. The van der Waals surface area contributed by atoms with Crippen LogP contribution in [0.5, 0.6) is 0 Å². The molecule has 1 aliphatic rings. The number of fused-ring (bicyclic) bond motifs is 1. The lowest BCUT2D eigenvalue weighted by atomic mass is 10.2. The largest absolute Gasteiger partial charge is 0.378 e. The highest BCUT2D eigenvalue weighted by Gasteiger charge is 2.14. The van der Waals surface area contributed by atoms with Crippen LogP contribution >= 0.6 is 11.3 Å². The number of nitrogens with zero attached hydrogens (tertiary/aromatic N) is 3. The van der Waals surface area contributed by atoms with Crippen LogP contribution < -0.4 is 10.2 Å². The van der Waals surface area contributed by atoms with Gasteiger partial charge in [-0.25, -0.2) is 9.97 Å². The third kappa shape index (κ3) is 3.33. The van der Waals surface area contributed by atoms with E-state index in [1.54, 1.807) is 12.3 Å². The van der Waals surface area contributed by atoms with Crippen molar-refractivity contribution in [2.24, 2.45) is 0 Å². The lowest BCUT2D eigenvalue weighted by Crippen LogP contribution is -2.36. The number of aryl methyl sites for hydroxylation is 1. The van der Waals surface area contributed by atoms with Crippen LogP contribution in [-0.2, 0) is 4.74 Å². The molecule has 0 bridgehead atoms. The molecule has 2 aromatic heterocycles. The monoisotopic (exact) mass is 354 g/mol. The van der Waals surface area contributed by atoms with Crippen LogP contribution in [0.2, 0.25) is 0 Å². The van der Waals surface area contributed by atoms with Crippen molar-refractivity contribution in [1.82, 2.24) is 9.97 Å². The van der Waals surface area contributed by atoms with E-state index in [0.717, 1.165) is 34.7 Å². The number of amides is 1. The predicted octanol–water partition coefficient (Wildman–Crippen LogP) is 3.09. The maximum absolute atomic E-state index is 12.4. The molecule has 128 valence electrons. The first-order valence-corrected chi connectivity index (χ1v) is 8.98. The summed E-state index contributed by atoms with van der Waals surface area (Å²) in [6.07, 6.45) is 1.61. The van der Waals surface area contributed by atoms with Gasteiger partial charge in [0.15, 0.2) is 5.13 Å². The quantitative estimate of drug-likeness (QED) is 0.783. The van der Waals surface area contributed by atoms with Crippen molar-refractivity contribution in [3.8, 4) is 0 Å². The number of pyridine rings is 1. The fourth-order valence-corrected chi connectivity index (χ4v) is 3.75. The molecule has 0 radical (unpaired) electrons. The van der Waals surface area contributed by atoms with Crippen molar-refractivity contribution in [1.29, 1.82) is 0 Å². The maximum Gasteiger partial charge on any atom is 0.259 e. The molecule has 0 atom stereocenters. The van der Waals surface area contributed by atoms with Crippen LogP contribution in [0, 0.1) is 6.92 Å². The second-order valence-corrected chi connectivity index (χ2v) is 6.93.